The lowest BCUT2D eigenvalue weighted by molar-refractivity contribution is -0.143. The van der Waals surface area contributed by atoms with Crippen molar-refractivity contribution in [1.29, 1.82) is 0 Å². The standard InChI is InChI=1S/C13H25N3O2/c1-4-15(5-2)13(18)11-7-6-8-16(11)12(17)9-10(3)14/h10-11H,4-9,14H2,1-3H3. The van der Waals surface area contributed by atoms with Crippen LogP contribution in [0.25, 0.3) is 0 Å². The maximum absolute atomic E-state index is 12.3. The molecule has 0 radical (unpaired) electrons. The van der Waals surface area contributed by atoms with Crippen molar-refractivity contribution in [2.24, 2.45) is 5.73 Å². The molecule has 0 saturated carbocycles. The summed E-state index contributed by atoms with van der Waals surface area (Å²) in [5.74, 6) is 0.0866. The summed E-state index contributed by atoms with van der Waals surface area (Å²) in [6, 6.07) is -0.418. The van der Waals surface area contributed by atoms with Crippen LogP contribution in [0.15, 0.2) is 0 Å². The lowest BCUT2D eigenvalue weighted by Crippen LogP contribution is -2.48. The summed E-state index contributed by atoms with van der Waals surface area (Å²) in [7, 11) is 0. The minimum atomic E-state index is -0.267. The van der Waals surface area contributed by atoms with Gasteiger partial charge in [0.05, 0.1) is 0 Å². The van der Waals surface area contributed by atoms with Gasteiger partial charge in [0.25, 0.3) is 0 Å². The van der Waals surface area contributed by atoms with Gasteiger partial charge in [-0.15, -0.1) is 0 Å². The molecule has 5 nitrogen and oxygen atoms in total. The Morgan fingerprint density at radius 2 is 2.00 bits per heavy atom. The predicted octanol–water partition coefficient (Wildman–Crippen LogP) is 0.583. The number of likely N-dealkylation sites (N-methyl/N-ethyl adjacent to an activating group) is 1. The van der Waals surface area contributed by atoms with Gasteiger partial charge in [-0.2, -0.15) is 0 Å². The lowest BCUT2D eigenvalue weighted by Gasteiger charge is -2.29. The van der Waals surface area contributed by atoms with E-state index in [1.807, 2.05) is 20.8 Å². The van der Waals surface area contributed by atoms with E-state index in [-0.39, 0.29) is 23.9 Å². The first-order valence-electron chi connectivity index (χ1n) is 6.85. The molecule has 104 valence electrons. The summed E-state index contributed by atoms with van der Waals surface area (Å²) in [6.45, 7) is 7.82. The zero-order chi connectivity index (χ0) is 13.7. The highest BCUT2D eigenvalue weighted by Gasteiger charge is 2.35. The number of nitrogens with two attached hydrogens (primary N) is 1. The van der Waals surface area contributed by atoms with E-state index >= 15 is 0 Å². The molecule has 2 amide bonds. The zero-order valence-electron chi connectivity index (χ0n) is 11.7. The van der Waals surface area contributed by atoms with Gasteiger partial charge in [0, 0.05) is 32.1 Å². The first-order chi connectivity index (χ1) is 8.51. The van der Waals surface area contributed by atoms with Crippen LogP contribution in [0.3, 0.4) is 0 Å². The van der Waals surface area contributed by atoms with Gasteiger partial charge in [0.2, 0.25) is 11.8 Å². The van der Waals surface area contributed by atoms with Gasteiger partial charge in [-0.05, 0) is 33.6 Å². The Morgan fingerprint density at radius 1 is 1.39 bits per heavy atom. The molecule has 0 aromatic carbocycles. The highest BCUT2D eigenvalue weighted by atomic mass is 16.2. The highest BCUT2D eigenvalue weighted by Crippen LogP contribution is 2.20. The van der Waals surface area contributed by atoms with Gasteiger partial charge in [-0.1, -0.05) is 0 Å². The van der Waals surface area contributed by atoms with E-state index in [2.05, 4.69) is 0 Å². The van der Waals surface area contributed by atoms with Crippen molar-refractivity contribution in [2.75, 3.05) is 19.6 Å². The second kappa shape index (κ2) is 6.73. The zero-order valence-corrected chi connectivity index (χ0v) is 11.7. The Kier molecular flexibility index (Phi) is 5.59. The number of carbonyl (C=O) groups is 2. The van der Waals surface area contributed by atoms with Crippen LogP contribution in [0, 0.1) is 0 Å². The summed E-state index contributed by atoms with van der Waals surface area (Å²) in [6.07, 6.45) is 2.00. The minimum Gasteiger partial charge on any atom is -0.341 e. The Hall–Kier alpha value is -1.10. The molecule has 2 N–H and O–H groups in total. The topological polar surface area (TPSA) is 66.6 Å². The fourth-order valence-corrected chi connectivity index (χ4v) is 2.46. The normalized spacial score (nSPS) is 20.9. The van der Waals surface area contributed by atoms with Gasteiger partial charge >= 0.3 is 0 Å². The number of rotatable bonds is 5. The van der Waals surface area contributed by atoms with E-state index in [4.69, 9.17) is 5.73 Å². The van der Waals surface area contributed by atoms with Crippen LogP contribution in [0.1, 0.15) is 40.0 Å². The molecule has 0 bridgehead atoms. The summed E-state index contributed by atoms with van der Waals surface area (Å²) >= 11 is 0. The van der Waals surface area contributed by atoms with Crippen LogP contribution in [0.4, 0.5) is 0 Å². The van der Waals surface area contributed by atoms with Crippen molar-refractivity contribution in [2.45, 2.75) is 52.1 Å². The van der Waals surface area contributed by atoms with Gasteiger partial charge in [-0.25, -0.2) is 0 Å². The van der Waals surface area contributed by atoms with Gasteiger partial charge in [0.1, 0.15) is 6.04 Å². The number of likely N-dealkylation sites (tertiary alicyclic amines) is 1. The number of nitrogens with zero attached hydrogens (tertiary/aromatic N) is 2. The first kappa shape index (κ1) is 15.0. The third kappa shape index (κ3) is 3.45. The van der Waals surface area contributed by atoms with Crippen molar-refractivity contribution in [3.05, 3.63) is 0 Å². The molecule has 2 atom stereocenters. The molecule has 1 rings (SSSR count). The predicted molar refractivity (Wildman–Crippen MR) is 70.9 cm³/mol. The quantitative estimate of drug-likeness (QED) is 0.781. The maximum Gasteiger partial charge on any atom is 0.245 e. The van der Waals surface area contributed by atoms with Crippen LogP contribution >= 0.6 is 0 Å². The number of hydrogen-bond donors (Lipinski definition) is 1. The van der Waals surface area contributed by atoms with Crippen LogP contribution in [-0.2, 0) is 9.59 Å². The van der Waals surface area contributed by atoms with E-state index in [0.29, 0.717) is 26.1 Å². The van der Waals surface area contributed by atoms with Gasteiger partial charge in [0.15, 0.2) is 0 Å². The number of amides is 2. The maximum atomic E-state index is 12.3. The highest BCUT2D eigenvalue weighted by molar-refractivity contribution is 5.88. The SMILES string of the molecule is CCN(CC)C(=O)C1CCCN1C(=O)CC(C)N. The molecule has 1 aliphatic rings. The molecular formula is C13H25N3O2. The largest absolute Gasteiger partial charge is 0.341 e. The van der Waals surface area contributed by atoms with Gasteiger partial charge in [-0.3, -0.25) is 9.59 Å². The Balaban J connectivity index is 2.69. The van der Waals surface area contributed by atoms with Crippen molar-refractivity contribution in [1.82, 2.24) is 9.80 Å². The Labute approximate surface area is 109 Å². The first-order valence-corrected chi connectivity index (χ1v) is 6.85. The third-order valence-electron chi connectivity index (χ3n) is 3.43. The van der Waals surface area contributed by atoms with Crippen LogP contribution < -0.4 is 5.73 Å². The van der Waals surface area contributed by atoms with Crippen LogP contribution in [-0.4, -0.2) is 53.3 Å². The molecule has 0 aliphatic carbocycles. The second-order valence-corrected chi connectivity index (χ2v) is 4.94. The van der Waals surface area contributed by atoms with E-state index in [1.54, 1.807) is 9.80 Å². The molecule has 1 fully saturated rings. The monoisotopic (exact) mass is 255 g/mol. The molecule has 1 saturated heterocycles. The summed E-state index contributed by atoms with van der Waals surface area (Å²) in [5.41, 5.74) is 5.65. The van der Waals surface area contributed by atoms with Crippen molar-refractivity contribution in [3.8, 4) is 0 Å². The van der Waals surface area contributed by atoms with E-state index in [1.165, 1.54) is 0 Å². The van der Waals surface area contributed by atoms with Crippen molar-refractivity contribution < 1.29 is 9.59 Å². The summed E-state index contributed by atoms with van der Waals surface area (Å²) in [4.78, 5) is 27.9. The summed E-state index contributed by atoms with van der Waals surface area (Å²) < 4.78 is 0. The molecule has 5 heteroatoms. The number of hydrogen-bond acceptors (Lipinski definition) is 3. The molecule has 0 spiro atoms. The average Bonchev–Trinajstić information content (AvgIpc) is 2.78. The minimum absolute atomic E-state index is 0.00741. The molecule has 18 heavy (non-hydrogen) atoms. The molecule has 1 aliphatic heterocycles. The fraction of sp³-hybridized carbons (Fsp3) is 0.846. The number of carbonyl (C=O) groups excluding carboxylic acids is 2. The van der Waals surface area contributed by atoms with Crippen molar-refractivity contribution >= 4 is 11.8 Å². The average molecular weight is 255 g/mol. The molecule has 2 unspecified atom stereocenters. The Bertz CT molecular complexity index is 301. The van der Waals surface area contributed by atoms with Crippen molar-refractivity contribution in [3.63, 3.8) is 0 Å². The van der Waals surface area contributed by atoms with E-state index in [9.17, 15) is 9.59 Å². The fourth-order valence-electron chi connectivity index (χ4n) is 2.46. The molecule has 0 aromatic rings. The van der Waals surface area contributed by atoms with E-state index < -0.39 is 0 Å². The summed E-state index contributed by atoms with van der Waals surface area (Å²) in [5, 5.41) is 0. The third-order valence-corrected chi connectivity index (χ3v) is 3.43. The second-order valence-electron chi connectivity index (χ2n) is 4.94. The molecule has 1 heterocycles. The van der Waals surface area contributed by atoms with Crippen LogP contribution in [0.5, 0.6) is 0 Å². The lowest BCUT2D eigenvalue weighted by atomic mass is 10.1. The van der Waals surface area contributed by atoms with Crippen LogP contribution in [0.2, 0.25) is 0 Å². The smallest absolute Gasteiger partial charge is 0.245 e. The van der Waals surface area contributed by atoms with E-state index in [0.717, 1.165) is 12.8 Å². The molecule has 0 aromatic heterocycles. The Morgan fingerprint density at radius 3 is 2.50 bits per heavy atom. The van der Waals surface area contributed by atoms with Gasteiger partial charge < -0.3 is 15.5 Å². The molecular weight excluding hydrogens is 230 g/mol.